The molecule has 2 fully saturated rings. The van der Waals surface area contributed by atoms with Gasteiger partial charge in [0.25, 0.3) is 0 Å². The Labute approximate surface area is 141 Å². The monoisotopic (exact) mass is 316 g/mol. The second-order valence-electron chi connectivity index (χ2n) is 8.11. The van der Waals surface area contributed by atoms with E-state index in [1.54, 1.807) is 12.1 Å². The summed E-state index contributed by atoms with van der Waals surface area (Å²) in [7, 11) is 0. The lowest BCUT2D eigenvalue weighted by Crippen LogP contribution is -2.30. The van der Waals surface area contributed by atoms with E-state index in [-0.39, 0.29) is 5.82 Å². The lowest BCUT2D eigenvalue weighted by atomic mass is 9.63. The standard InChI is InChI=1S/C22H33F/c1-2-3-4-5-6-17-7-8-21-16-20(10-9-19(21)15-17)18-11-13-22(23)14-12-18/h11-14,17,19-21H,2-10,15-16H2,1H3. The minimum atomic E-state index is -0.106. The zero-order valence-electron chi connectivity index (χ0n) is 14.8. The summed E-state index contributed by atoms with van der Waals surface area (Å²) in [5, 5.41) is 0. The van der Waals surface area contributed by atoms with Gasteiger partial charge in [-0.2, -0.15) is 0 Å². The molecule has 4 atom stereocenters. The Morgan fingerprint density at radius 2 is 1.61 bits per heavy atom. The van der Waals surface area contributed by atoms with Gasteiger partial charge in [-0.3, -0.25) is 0 Å². The molecule has 1 aromatic rings. The van der Waals surface area contributed by atoms with E-state index in [9.17, 15) is 4.39 Å². The molecule has 0 saturated heterocycles. The van der Waals surface area contributed by atoms with Gasteiger partial charge in [-0.1, -0.05) is 57.6 Å². The lowest BCUT2D eigenvalue weighted by Gasteiger charge is -2.42. The van der Waals surface area contributed by atoms with E-state index in [1.165, 1.54) is 76.2 Å². The summed E-state index contributed by atoms with van der Waals surface area (Å²) >= 11 is 0. The highest BCUT2D eigenvalue weighted by Crippen LogP contribution is 2.48. The summed E-state index contributed by atoms with van der Waals surface area (Å²) in [4.78, 5) is 0. The molecule has 3 rings (SSSR count). The average molecular weight is 317 g/mol. The van der Waals surface area contributed by atoms with E-state index in [1.807, 2.05) is 12.1 Å². The predicted octanol–water partition coefficient (Wildman–Crippen LogP) is 7.10. The SMILES string of the molecule is CCCCCCC1CCC2CC(c3ccc(F)cc3)CCC2C1. The Morgan fingerprint density at radius 1 is 0.870 bits per heavy atom. The van der Waals surface area contributed by atoms with E-state index in [0.29, 0.717) is 5.92 Å². The van der Waals surface area contributed by atoms with E-state index >= 15 is 0 Å². The summed E-state index contributed by atoms with van der Waals surface area (Å²) in [6, 6.07) is 7.29. The zero-order chi connectivity index (χ0) is 16.1. The largest absolute Gasteiger partial charge is 0.207 e. The van der Waals surface area contributed by atoms with Gasteiger partial charge >= 0.3 is 0 Å². The highest BCUT2D eigenvalue weighted by Gasteiger charge is 2.35. The van der Waals surface area contributed by atoms with Crippen molar-refractivity contribution in [3.63, 3.8) is 0 Å². The van der Waals surface area contributed by atoms with Gasteiger partial charge in [-0.05, 0) is 73.5 Å². The Kier molecular flexibility index (Phi) is 6.14. The number of halogens is 1. The van der Waals surface area contributed by atoms with Gasteiger partial charge in [0.15, 0.2) is 0 Å². The first-order valence-corrected chi connectivity index (χ1v) is 10.0. The van der Waals surface area contributed by atoms with Crippen LogP contribution in [-0.2, 0) is 0 Å². The summed E-state index contributed by atoms with van der Waals surface area (Å²) in [6.45, 7) is 2.30. The van der Waals surface area contributed by atoms with Crippen LogP contribution in [-0.4, -0.2) is 0 Å². The first-order chi connectivity index (χ1) is 11.3. The number of unbranched alkanes of at least 4 members (excludes halogenated alkanes) is 3. The molecule has 0 nitrogen and oxygen atoms in total. The lowest BCUT2D eigenvalue weighted by molar-refractivity contribution is 0.113. The summed E-state index contributed by atoms with van der Waals surface area (Å²) in [5.74, 6) is 3.50. The molecular weight excluding hydrogens is 283 g/mol. The van der Waals surface area contributed by atoms with Crippen molar-refractivity contribution in [2.24, 2.45) is 17.8 Å². The molecule has 0 bridgehead atoms. The predicted molar refractivity (Wildman–Crippen MR) is 96.1 cm³/mol. The van der Waals surface area contributed by atoms with Gasteiger partial charge in [0.2, 0.25) is 0 Å². The van der Waals surface area contributed by atoms with Crippen LogP contribution in [0.3, 0.4) is 0 Å². The molecular formula is C22H33F. The van der Waals surface area contributed by atoms with Crippen LogP contribution >= 0.6 is 0 Å². The van der Waals surface area contributed by atoms with E-state index < -0.39 is 0 Å². The van der Waals surface area contributed by atoms with Gasteiger partial charge in [-0.25, -0.2) is 4.39 Å². The smallest absolute Gasteiger partial charge is 0.123 e. The Hall–Kier alpha value is -0.850. The van der Waals surface area contributed by atoms with Gasteiger partial charge in [0, 0.05) is 0 Å². The molecule has 128 valence electrons. The quantitative estimate of drug-likeness (QED) is 0.491. The molecule has 1 heteroatoms. The maximum atomic E-state index is 13.1. The van der Waals surface area contributed by atoms with Crippen LogP contribution in [0.15, 0.2) is 24.3 Å². The number of rotatable bonds is 6. The highest BCUT2D eigenvalue weighted by atomic mass is 19.1. The normalized spacial score (nSPS) is 30.9. The average Bonchev–Trinajstić information content (AvgIpc) is 2.59. The molecule has 0 amide bonds. The highest BCUT2D eigenvalue weighted by molar-refractivity contribution is 5.21. The molecule has 0 heterocycles. The first kappa shape index (κ1) is 17.0. The van der Waals surface area contributed by atoms with Crippen LogP contribution in [0.4, 0.5) is 4.39 Å². The van der Waals surface area contributed by atoms with Crippen molar-refractivity contribution in [2.45, 2.75) is 83.5 Å². The van der Waals surface area contributed by atoms with E-state index in [4.69, 9.17) is 0 Å². The molecule has 2 aliphatic carbocycles. The molecule has 4 unspecified atom stereocenters. The van der Waals surface area contributed by atoms with Crippen molar-refractivity contribution >= 4 is 0 Å². The molecule has 2 aliphatic rings. The number of hydrogen-bond donors (Lipinski definition) is 0. The first-order valence-electron chi connectivity index (χ1n) is 10.0. The molecule has 23 heavy (non-hydrogen) atoms. The fraction of sp³-hybridized carbons (Fsp3) is 0.727. The van der Waals surface area contributed by atoms with Crippen molar-refractivity contribution in [3.05, 3.63) is 35.6 Å². The van der Waals surface area contributed by atoms with Crippen molar-refractivity contribution in [3.8, 4) is 0 Å². The van der Waals surface area contributed by atoms with Crippen molar-refractivity contribution in [2.75, 3.05) is 0 Å². The van der Waals surface area contributed by atoms with E-state index in [0.717, 1.165) is 17.8 Å². The third kappa shape index (κ3) is 4.58. The zero-order valence-corrected chi connectivity index (χ0v) is 14.8. The van der Waals surface area contributed by atoms with Crippen LogP contribution in [0.2, 0.25) is 0 Å². The molecule has 0 aromatic heterocycles. The van der Waals surface area contributed by atoms with Crippen LogP contribution in [0.1, 0.15) is 89.0 Å². The van der Waals surface area contributed by atoms with Crippen molar-refractivity contribution < 1.29 is 4.39 Å². The van der Waals surface area contributed by atoms with Crippen LogP contribution in [0.25, 0.3) is 0 Å². The van der Waals surface area contributed by atoms with Gasteiger partial charge in [-0.15, -0.1) is 0 Å². The molecule has 0 aliphatic heterocycles. The molecule has 0 radical (unpaired) electrons. The number of benzene rings is 1. The van der Waals surface area contributed by atoms with Crippen molar-refractivity contribution in [1.29, 1.82) is 0 Å². The van der Waals surface area contributed by atoms with Gasteiger partial charge < -0.3 is 0 Å². The Bertz CT molecular complexity index is 463. The Morgan fingerprint density at radius 3 is 2.39 bits per heavy atom. The molecule has 0 N–H and O–H groups in total. The molecule has 0 spiro atoms. The Balaban J connectivity index is 1.47. The minimum absolute atomic E-state index is 0.106. The summed E-state index contributed by atoms with van der Waals surface area (Å²) in [6.07, 6.45) is 15.6. The maximum absolute atomic E-state index is 13.1. The van der Waals surface area contributed by atoms with Crippen LogP contribution in [0, 0.1) is 23.6 Å². The number of hydrogen-bond acceptors (Lipinski definition) is 0. The van der Waals surface area contributed by atoms with E-state index in [2.05, 4.69) is 6.92 Å². The van der Waals surface area contributed by atoms with Crippen LogP contribution in [0.5, 0.6) is 0 Å². The van der Waals surface area contributed by atoms with Gasteiger partial charge in [0.1, 0.15) is 5.82 Å². The third-order valence-electron chi connectivity index (χ3n) is 6.53. The maximum Gasteiger partial charge on any atom is 0.123 e. The summed E-state index contributed by atoms with van der Waals surface area (Å²) in [5.41, 5.74) is 1.37. The number of fused-ring (bicyclic) bond motifs is 1. The second-order valence-corrected chi connectivity index (χ2v) is 8.11. The second kappa shape index (κ2) is 8.31. The third-order valence-corrected chi connectivity index (χ3v) is 6.53. The molecule has 1 aromatic carbocycles. The fourth-order valence-corrected chi connectivity index (χ4v) is 5.15. The minimum Gasteiger partial charge on any atom is -0.207 e. The summed E-state index contributed by atoms with van der Waals surface area (Å²) < 4.78 is 13.1. The fourth-order valence-electron chi connectivity index (χ4n) is 5.15. The van der Waals surface area contributed by atoms with Gasteiger partial charge in [0.05, 0.1) is 0 Å². The van der Waals surface area contributed by atoms with Crippen molar-refractivity contribution in [1.82, 2.24) is 0 Å². The molecule has 2 saturated carbocycles. The van der Waals surface area contributed by atoms with Crippen LogP contribution < -0.4 is 0 Å². The topological polar surface area (TPSA) is 0 Å².